The topological polar surface area (TPSA) is 84.2 Å². The van der Waals surface area contributed by atoms with Crippen LogP contribution in [0.2, 0.25) is 0 Å². The Morgan fingerprint density at radius 2 is 2.15 bits per heavy atom. The van der Waals surface area contributed by atoms with Crippen LogP contribution in [0.5, 0.6) is 0 Å². The third-order valence-corrected chi connectivity index (χ3v) is 4.74. The van der Waals surface area contributed by atoms with Crippen molar-refractivity contribution in [1.82, 2.24) is 20.0 Å². The zero-order valence-corrected chi connectivity index (χ0v) is 14.7. The quantitative estimate of drug-likeness (QED) is 0.687. The molecule has 0 bridgehead atoms. The van der Waals surface area contributed by atoms with E-state index in [0.29, 0.717) is 24.5 Å². The minimum Gasteiger partial charge on any atom is -0.369 e. The highest BCUT2D eigenvalue weighted by molar-refractivity contribution is 5.98. The summed E-state index contributed by atoms with van der Waals surface area (Å²) in [6.45, 7) is 4.40. The van der Waals surface area contributed by atoms with E-state index >= 15 is 0 Å². The lowest BCUT2D eigenvalue weighted by atomic mass is 10.0. The van der Waals surface area contributed by atoms with Gasteiger partial charge in [-0.3, -0.25) is 4.79 Å². The number of nitrogens with zero attached hydrogens (tertiary/aromatic N) is 4. The fourth-order valence-electron chi connectivity index (χ4n) is 3.36. The number of fused-ring (bicyclic) bond motifs is 1. The lowest BCUT2D eigenvalue weighted by Crippen LogP contribution is -2.27. The monoisotopic (exact) mass is 351 g/mol. The summed E-state index contributed by atoms with van der Waals surface area (Å²) in [6, 6.07) is 8.03. The molecule has 1 aliphatic rings. The van der Waals surface area contributed by atoms with Crippen LogP contribution in [0.25, 0.3) is 22.4 Å². The van der Waals surface area contributed by atoms with Crippen molar-refractivity contribution in [2.45, 2.75) is 26.2 Å². The van der Waals surface area contributed by atoms with Gasteiger partial charge in [-0.1, -0.05) is 29.4 Å². The lowest BCUT2D eigenvalue weighted by molar-refractivity contribution is -0.127. The number of anilines is 1. The van der Waals surface area contributed by atoms with Gasteiger partial charge in [0, 0.05) is 31.6 Å². The number of carbonyl (C=O) groups is 1. The molecular formula is C19H21N5O2. The van der Waals surface area contributed by atoms with E-state index in [2.05, 4.69) is 20.4 Å². The summed E-state index contributed by atoms with van der Waals surface area (Å²) < 4.78 is 5.41. The van der Waals surface area contributed by atoms with Crippen LogP contribution in [0.3, 0.4) is 0 Å². The normalized spacial score (nSPS) is 14.3. The van der Waals surface area contributed by atoms with Gasteiger partial charge in [0.05, 0.1) is 0 Å². The van der Waals surface area contributed by atoms with E-state index < -0.39 is 0 Å². The molecule has 0 atom stereocenters. The average Bonchev–Trinajstić information content (AvgIpc) is 3.26. The maximum Gasteiger partial charge on any atom is 0.263 e. The summed E-state index contributed by atoms with van der Waals surface area (Å²) in [5.74, 6) is 0.970. The van der Waals surface area contributed by atoms with Crippen LogP contribution < -0.4 is 5.32 Å². The summed E-state index contributed by atoms with van der Waals surface area (Å²) in [5, 5.41) is 8.36. The highest BCUT2D eigenvalue weighted by Crippen LogP contribution is 2.32. The Balaban J connectivity index is 1.53. The van der Waals surface area contributed by atoms with Crippen molar-refractivity contribution in [3.63, 3.8) is 0 Å². The van der Waals surface area contributed by atoms with Crippen LogP contribution in [0, 0.1) is 6.92 Å². The molecule has 1 aromatic carbocycles. The fourth-order valence-corrected chi connectivity index (χ4v) is 3.36. The number of amides is 1. The number of carbonyl (C=O) groups excluding carboxylic acids is 1. The maximum absolute atomic E-state index is 11.7. The SMILES string of the molecule is Cc1ccccc1-c1noc2ncnc(NCCCN3CCCC3=O)c12. The highest BCUT2D eigenvalue weighted by atomic mass is 16.5. The van der Waals surface area contributed by atoms with Gasteiger partial charge >= 0.3 is 0 Å². The average molecular weight is 351 g/mol. The minimum atomic E-state index is 0.260. The van der Waals surface area contributed by atoms with Gasteiger partial charge in [-0.25, -0.2) is 4.98 Å². The van der Waals surface area contributed by atoms with Crippen LogP contribution in [0.4, 0.5) is 5.82 Å². The van der Waals surface area contributed by atoms with E-state index in [-0.39, 0.29) is 5.91 Å². The van der Waals surface area contributed by atoms with Crippen LogP contribution in [0.15, 0.2) is 35.1 Å². The van der Waals surface area contributed by atoms with E-state index in [1.54, 1.807) is 0 Å². The highest BCUT2D eigenvalue weighted by Gasteiger charge is 2.20. The van der Waals surface area contributed by atoms with Gasteiger partial charge in [-0.2, -0.15) is 4.98 Å². The first-order valence-electron chi connectivity index (χ1n) is 8.92. The first kappa shape index (κ1) is 16.5. The molecule has 7 heteroatoms. The number of hydrogen-bond acceptors (Lipinski definition) is 6. The van der Waals surface area contributed by atoms with Crippen LogP contribution >= 0.6 is 0 Å². The molecule has 0 radical (unpaired) electrons. The summed E-state index contributed by atoms with van der Waals surface area (Å²) in [6.07, 6.45) is 3.99. The van der Waals surface area contributed by atoms with E-state index in [9.17, 15) is 4.79 Å². The Bertz CT molecular complexity index is 937. The molecular weight excluding hydrogens is 330 g/mol. The van der Waals surface area contributed by atoms with Gasteiger partial charge in [0.1, 0.15) is 23.2 Å². The number of nitrogens with one attached hydrogen (secondary N) is 1. The maximum atomic E-state index is 11.7. The van der Waals surface area contributed by atoms with Crippen molar-refractivity contribution < 1.29 is 9.32 Å². The first-order chi connectivity index (χ1) is 12.7. The van der Waals surface area contributed by atoms with E-state index in [0.717, 1.165) is 48.1 Å². The van der Waals surface area contributed by atoms with Gasteiger partial charge in [0.25, 0.3) is 5.71 Å². The second kappa shape index (κ2) is 7.11. The molecule has 0 saturated carbocycles. The smallest absolute Gasteiger partial charge is 0.263 e. The molecule has 1 amide bonds. The van der Waals surface area contributed by atoms with Crippen molar-refractivity contribution in [3.05, 3.63) is 36.2 Å². The van der Waals surface area contributed by atoms with E-state index in [4.69, 9.17) is 4.52 Å². The fraction of sp³-hybridized carbons (Fsp3) is 0.368. The molecule has 3 aromatic rings. The molecule has 3 heterocycles. The molecule has 7 nitrogen and oxygen atoms in total. The third-order valence-electron chi connectivity index (χ3n) is 4.74. The molecule has 1 fully saturated rings. The van der Waals surface area contributed by atoms with Gasteiger partial charge in [0.2, 0.25) is 5.91 Å². The van der Waals surface area contributed by atoms with Crippen LogP contribution in [-0.4, -0.2) is 45.6 Å². The van der Waals surface area contributed by atoms with Gasteiger partial charge in [-0.15, -0.1) is 0 Å². The Morgan fingerprint density at radius 1 is 1.27 bits per heavy atom. The summed E-state index contributed by atoms with van der Waals surface area (Å²) in [4.78, 5) is 22.2. The summed E-state index contributed by atoms with van der Waals surface area (Å²) in [7, 11) is 0. The molecule has 0 aliphatic carbocycles. The van der Waals surface area contributed by atoms with Crippen molar-refractivity contribution in [2.75, 3.05) is 25.0 Å². The molecule has 4 rings (SSSR count). The predicted octanol–water partition coefficient (Wildman–Crippen LogP) is 3.02. The molecule has 1 saturated heterocycles. The number of aromatic nitrogens is 3. The van der Waals surface area contributed by atoms with Crippen molar-refractivity contribution in [1.29, 1.82) is 0 Å². The molecule has 0 unspecified atom stereocenters. The number of rotatable bonds is 6. The minimum absolute atomic E-state index is 0.260. The molecule has 2 aromatic heterocycles. The Kier molecular flexibility index (Phi) is 4.51. The van der Waals surface area contributed by atoms with Gasteiger partial charge in [-0.05, 0) is 25.3 Å². The lowest BCUT2D eigenvalue weighted by Gasteiger charge is -2.15. The van der Waals surface area contributed by atoms with E-state index in [1.807, 2.05) is 36.1 Å². The molecule has 0 spiro atoms. The number of likely N-dealkylation sites (tertiary alicyclic amines) is 1. The standard InChI is InChI=1S/C19H21N5O2/c1-13-6-2-3-7-14(13)17-16-18(21-12-22-19(16)26-23-17)20-9-5-11-24-10-4-8-15(24)25/h2-3,6-7,12H,4-5,8-11H2,1H3,(H,20,21,22). The van der Waals surface area contributed by atoms with Crippen LogP contribution in [0.1, 0.15) is 24.8 Å². The number of benzene rings is 1. The number of aryl methyl sites for hydroxylation is 1. The predicted molar refractivity (Wildman–Crippen MR) is 98.7 cm³/mol. The van der Waals surface area contributed by atoms with Crippen molar-refractivity contribution in [2.24, 2.45) is 0 Å². The van der Waals surface area contributed by atoms with E-state index in [1.165, 1.54) is 6.33 Å². The molecule has 1 N–H and O–H groups in total. The summed E-state index contributed by atoms with van der Waals surface area (Å²) in [5.41, 5.74) is 3.34. The van der Waals surface area contributed by atoms with Crippen molar-refractivity contribution >= 4 is 22.8 Å². The zero-order chi connectivity index (χ0) is 17.9. The van der Waals surface area contributed by atoms with Gasteiger partial charge in [0.15, 0.2) is 0 Å². The first-order valence-corrected chi connectivity index (χ1v) is 8.92. The Morgan fingerprint density at radius 3 is 2.96 bits per heavy atom. The van der Waals surface area contributed by atoms with Crippen molar-refractivity contribution in [3.8, 4) is 11.3 Å². The second-order valence-electron chi connectivity index (χ2n) is 6.51. The zero-order valence-electron chi connectivity index (χ0n) is 14.7. The Hall–Kier alpha value is -2.96. The number of hydrogen-bond donors (Lipinski definition) is 1. The van der Waals surface area contributed by atoms with Gasteiger partial charge < -0.3 is 14.7 Å². The molecule has 134 valence electrons. The summed E-state index contributed by atoms with van der Waals surface area (Å²) >= 11 is 0. The largest absolute Gasteiger partial charge is 0.369 e. The Labute approximate surface area is 151 Å². The van der Waals surface area contributed by atoms with Crippen LogP contribution in [-0.2, 0) is 4.79 Å². The molecule has 1 aliphatic heterocycles. The third kappa shape index (κ3) is 3.12. The second-order valence-corrected chi connectivity index (χ2v) is 6.51. The molecule has 26 heavy (non-hydrogen) atoms.